The summed E-state index contributed by atoms with van der Waals surface area (Å²) >= 11 is 0.954. The Balaban J connectivity index is 2.05. The molecule has 1 aliphatic rings. The van der Waals surface area contributed by atoms with Crippen molar-refractivity contribution < 1.29 is 19.4 Å². The second-order valence-corrected chi connectivity index (χ2v) is 6.57. The van der Waals surface area contributed by atoms with E-state index in [2.05, 4.69) is 9.97 Å². The number of rotatable bonds is 4. The number of nitrogen functional groups attached to an aromatic ring is 1. The molecule has 0 amide bonds. The molecule has 3 rings (SSSR count). The van der Waals surface area contributed by atoms with E-state index in [1.807, 2.05) is 6.92 Å². The van der Waals surface area contributed by atoms with Gasteiger partial charge in [-0.1, -0.05) is 18.3 Å². The van der Waals surface area contributed by atoms with E-state index in [1.54, 1.807) is 0 Å². The second-order valence-electron chi connectivity index (χ2n) is 5.58. The number of fused-ring (bicyclic) bond motifs is 1. The topological polar surface area (TPSA) is 130 Å². The molecule has 24 heavy (non-hydrogen) atoms. The van der Waals surface area contributed by atoms with Crippen LogP contribution in [0.15, 0.2) is 11.0 Å². The van der Waals surface area contributed by atoms with Gasteiger partial charge in [0, 0.05) is 13.3 Å². The Morgan fingerprint density at radius 1 is 1.67 bits per heavy atom. The highest BCUT2D eigenvalue weighted by molar-refractivity contribution is 7.16. The fraction of sp³-hybridized carbons (Fsp3) is 0.571. The van der Waals surface area contributed by atoms with Crippen LogP contribution < -0.4 is 10.6 Å². The number of aliphatic hydroxyl groups excluding tert-OH is 1. The van der Waals surface area contributed by atoms with Crippen LogP contribution in [0.5, 0.6) is 0 Å². The van der Waals surface area contributed by atoms with E-state index in [4.69, 9.17) is 15.2 Å². The Morgan fingerprint density at radius 3 is 3.08 bits per heavy atom. The molecule has 1 saturated heterocycles. The minimum Gasteiger partial charge on any atom is -0.458 e. The molecule has 1 fully saturated rings. The van der Waals surface area contributed by atoms with Gasteiger partial charge in [0.25, 0.3) is 0 Å². The third kappa shape index (κ3) is 2.99. The molecule has 0 saturated carbocycles. The van der Waals surface area contributed by atoms with Crippen molar-refractivity contribution in [2.75, 3.05) is 5.73 Å². The second kappa shape index (κ2) is 6.46. The van der Waals surface area contributed by atoms with Gasteiger partial charge in [-0.2, -0.15) is 4.98 Å². The van der Waals surface area contributed by atoms with Gasteiger partial charge in [0.1, 0.15) is 6.10 Å². The van der Waals surface area contributed by atoms with Crippen LogP contribution in [0.1, 0.15) is 32.9 Å². The summed E-state index contributed by atoms with van der Waals surface area (Å²) in [6, 6.07) is 0. The third-order valence-electron chi connectivity index (χ3n) is 3.89. The molecule has 1 aliphatic heterocycles. The average molecular weight is 354 g/mol. The fourth-order valence-corrected chi connectivity index (χ4v) is 3.62. The first-order valence-electron chi connectivity index (χ1n) is 7.55. The Kier molecular flexibility index (Phi) is 4.52. The zero-order chi connectivity index (χ0) is 17.4. The number of aromatic nitrogens is 3. The maximum Gasteiger partial charge on any atom is 0.311 e. The summed E-state index contributed by atoms with van der Waals surface area (Å²) in [6.07, 6.45) is -0.564. The number of ether oxygens (including phenoxy) is 2. The maximum absolute atomic E-state index is 12.4. The highest BCUT2D eigenvalue weighted by Gasteiger charge is 2.42. The lowest BCUT2D eigenvalue weighted by Crippen LogP contribution is -2.30. The van der Waals surface area contributed by atoms with Crippen LogP contribution in [0, 0.1) is 0 Å². The van der Waals surface area contributed by atoms with Gasteiger partial charge in [0.05, 0.1) is 23.1 Å². The summed E-state index contributed by atoms with van der Waals surface area (Å²) in [5.41, 5.74) is 5.94. The molecular weight excluding hydrogens is 336 g/mol. The lowest BCUT2D eigenvalue weighted by Gasteiger charge is -2.20. The van der Waals surface area contributed by atoms with Crippen molar-refractivity contribution in [3.63, 3.8) is 0 Å². The average Bonchev–Trinajstić information content (AvgIpc) is 3.05. The maximum atomic E-state index is 12.4. The number of hydrogen-bond acceptors (Lipinski definition) is 9. The summed E-state index contributed by atoms with van der Waals surface area (Å²) in [5, 5.41) is 10.1. The van der Waals surface area contributed by atoms with E-state index in [1.165, 1.54) is 17.7 Å². The van der Waals surface area contributed by atoms with Crippen molar-refractivity contribution >= 4 is 33.6 Å². The smallest absolute Gasteiger partial charge is 0.311 e. The summed E-state index contributed by atoms with van der Waals surface area (Å²) in [5.74, 6) is -0.455. The quantitative estimate of drug-likeness (QED) is 0.756. The van der Waals surface area contributed by atoms with Crippen molar-refractivity contribution in [2.24, 2.45) is 0 Å². The van der Waals surface area contributed by atoms with Gasteiger partial charge in [-0.25, -0.2) is 4.98 Å². The van der Waals surface area contributed by atoms with Crippen molar-refractivity contribution in [1.29, 1.82) is 0 Å². The van der Waals surface area contributed by atoms with E-state index in [0.29, 0.717) is 23.2 Å². The first-order valence-corrected chi connectivity index (χ1v) is 8.36. The molecule has 0 aliphatic carbocycles. The summed E-state index contributed by atoms with van der Waals surface area (Å²) in [4.78, 5) is 31.4. The number of nitrogens with two attached hydrogens (primary N) is 1. The van der Waals surface area contributed by atoms with E-state index < -0.39 is 30.5 Å². The largest absolute Gasteiger partial charge is 0.458 e. The molecule has 0 radical (unpaired) electrons. The Labute approximate surface area is 141 Å². The van der Waals surface area contributed by atoms with Gasteiger partial charge >= 0.3 is 10.8 Å². The Bertz CT molecular complexity index is 819. The van der Waals surface area contributed by atoms with Crippen LogP contribution in [0.3, 0.4) is 0 Å². The van der Waals surface area contributed by atoms with Gasteiger partial charge in [-0.15, -0.1) is 0 Å². The molecule has 3 N–H and O–H groups in total. The van der Waals surface area contributed by atoms with E-state index in [0.717, 1.165) is 11.3 Å². The monoisotopic (exact) mass is 354 g/mol. The molecule has 0 bridgehead atoms. The number of nitrogens with zero attached hydrogens (tertiary/aromatic N) is 3. The van der Waals surface area contributed by atoms with Gasteiger partial charge in [-0.05, 0) is 6.42 Å². The van der Waals surface area contributed by atoms with Crippen molar-refractivity contribution in [3.8, 4) is 0 Å². The molecule has 2 aromatic heterocycles. The molecular formula is C14H18N4O5S. The predicted molar refractivity (Wildman–Crippen MR) is 86.5 cm³/mol. The summed E-state index contributed by atoms with van der Waals surface area (Å²) < 4.78 is 13.0. The number of hydrogen-bond donors (Lipinski definition) is 2. The van der Waals surface area contributed by atoms with Crippen molar-refractivity contribution in [2.45, 2.75) is 51.2 Å². The molecule has 10 heteroatoms. The van der Waals surface area contributed by atoms with Crippen molar-refractivity contribution in [3.05, 3.63) is 15.9 Å². The Hall–Kier alpha value is -2.04. The van der Waals surface area contributed by atoms with Gasteiger partial charge in [-0.3, -0.25) is 14.2 Å². The predicted octanol–water partition coefficient (Wildman–Crippen LogP) is 0.425. The highest BCUT2D eigenvalue weighted by atomic mass is 32.1. The molecule has 0 aromatic carbocycles. The lowest BCUT2D eigenvalue weighted by atomic mass is 10.1. The first kappa shape index (κ1) is 16.8. The zero-order valence-corrected chi connectivity index (χ0v) is 14.0. The van der Waals surface area contributed by atoms with Crippen molar-refractivity contribution in [1.82, 2.24) is 14.5 Å². The van der Waals surface area contributed by atoms with E-state index in [-0.39, 0.29) is 10.8 Å². The van der Waals surface area contributed by atoms with Crippen LogP contribution in [0.2, 0.25) is 0 Å². The summed E-state index contributed by atoms with van der Waals surface area (Å²) in [7, 11) is 0. The first-order chi connectivity index (χ1) is 11.4. The molecule has 1 unspecified atom stereocenters. The standard InChI is InChI=1S/C14H18N4O5S/c1-3-7(20)8-4-9(22-6(2)19)12(23-8)18-11-10(24-14(18)21)5-16-13(15)17-11/h5,7-9,12,20H,3-4H2,1-2H3,(H2,15,16,17)/t7?,8-,9+,12+/m0/s1. The van der Waals surface area contributed by atoms with Crippen LogP contribution in [0.25, 0.3) is 10.3 Å². The minimum absolute atomic E-state index is 0.0289. The zero-order valence-electron chi connectivity index (χ0n) is 13.2. The highest BCUT2D eigenvalue weighted by Crippen LogP contribution is 2.35. The molecule has 130 valence electrons. The molecule has 3 heterocycles. The SMILES string of the molecule is CCC(O)[C@@H]1C[C@@H](OC(C)=O)[C@H](n2c(=O)sc3cnc(N)nc32)O1. The van der Waals surface area contributed by atoms with Gasteiger partial charge in [0.15, 0.2) is 11.9 Å². The fourth-order valence-electron chi connectivity index (χ4n) is 2.80. The van der Waals surface area contributed by atoms with Crippen LogP contribution in [-0.4, -0.2) is 43.9 Å². The molecule has 4 atom stereocenters. The summed E-state index contributed by atoms with van der Waals surface area (Å²) in [6.45, 7) is 3.11. The normalized spacial score (nSPS) is 25.0. The van der Waals surface area contributed by atoms with Crippen LogP contribution >= 0.6 is 11.3 Å². The minimum atomic E-state index is -0.865. The molecule has 9 nitrogen and oxygen atoms in total. The van der Waals surface area contributed by atoms with Crippen LogP contribution in [0.4, 0.5) is 5.95 Å². The van der Waals surface area contributed by atoms with E-state index >= 15 is 0 Å². The number of carbonyl (C=O) groups is 1. The number of esters is 1. The number of aliphatic hydroxyl groups is 1. The Morgan fingerprint density at radius 2 is 2.42 bits per heavy atom. The number of carbonyl (C=O) groups excluding carboxylic acids is 1. The molecule has 2 aromatic rings. The molecule has 0 spiro atoms. The lowest BCUT2D eigenvalue weighted by molar-refractivity contribution is -0.152. The van der Waals surface area contributed by atoms with Gasteiger partial charge in [0.2, 0.25) is 5.95 Å². The van der Waals surface area contributed by atoms with Gasteiger partial charge < -0.3 is 20.3 Å². The third-order valence-corrected chi connectivity index (χ3v) is 4.77. The number of thiazole rings is 1. The van der Waals surface area contributed by atoms with Crippen LogP contribution in [-0.2, 0) is 14.3 Å². The number of anilines is 1. The van der Waals surface area contributed by atoms with E-state index in [9.17, 15) is 14.7 Å².